The van der Waals surface area contributed by atoms with Crippen molar-refractivity contribution >= 4 is 16.9 Å². The van der Waals surface area contributed by atoms with Gasteiger partial charge in [0.1, 0.15) is 5.65 Å². The quantitative estimate of drug-likeness (QED) is 0.743. The molecule has 0 aromatic carbocycles. The molecule has 1 spiro atoms. The summed E-state index contributed by atoms with van der Waals surface area (Å²) in [7, 11) is 0. The lowest BCUT2D eigenvalue weighted by molar-refractivity contribution is 0.0707. The molecular formula is C19H15N5O. The van der Waals surface area contributed by atoms with Crippen molar-refractivity contribution in [1.29, 1.82) is 5.26 Å². The van der Waals surface area contributed by atoms with Crippen LogP contribution in [0.2, 0.25) is 0 Å². The summed E-state index contributed by atoms with van der Waals surface area (Å²) < 4.78 is 1.53. The van der Waals surface area contributed by atoms with Gasteiger partial charge < -0.3 is 4.98 Å². The van der Waals surface area contributed by atoms with Crippen molar-refractivity contribution in [3.63, 3.8) is 0 Å². The Hall–Kier alpha value is -2.94. The molecule has 0 atom stereocenters. The van der Waals surface area contributed by atoms with Gasteiger partial charge >= 0.3 is 0 Å². The van der Waals surface area contributed by atoms with Gasteiger partial charge in [0.05, 0.1) is 11.8 Å². The Morgan fingerprint density at radius 3 is 2.96 bits per heavy atom. The summed E-state index contributed by atoms with van der Waals surface area (Å²) in [6.07, 6.45) is 9.19. The van der Waals surface area contributed by atoms with Crippen LogP contribution in [0.15, 0.2) is 24.7 Å². The highest BCUT2D eigenvalue weighted by atomic mass is 16.2. The number of aromatic nitrogens is 4. The molecule has 3 heterocycles. The highest BCUT2D eigenvalue weighted by molar-refractivity contribution is 6.01. The average Bonchev–Trinajstić information content (AvgIpc) is 3.06. The monoisotopic (exact) mass is 329 g/mol. The average molecular weight is 329 g/mol. The van der Waals surface area contributed by atoms with E-state index in [4.69, 9.17) is 10.4 Å². The molecule has 1 N–H and O–H groups in total. The van der Waals surface area contributed by atoms with E-state index >= 15 is 0 Å². The van der Waals surface area contributed by atoms with E-state index in [9.17, 15) is 4.79 Å². The topological polar surface area (TPSA) is 87.4 Å². The minimum Gasteiger partial charge on any atom is -0.346 e. The molecule has 3 aromatic heterocycles. The van der Waals surface area contributed by atoms with Gasteiger partial charge in [-0.25, -0.2) is 9.67 Å². The van der Waals surface area contributed by atoms with Crippen LogP contribution in [-0.2, 0) is 5.41 Å². The highest BCUT2D eigenvalue weighted by Crippen LogP contribution is 2.60. The summed E-state index contributed by atoms with van der Waals surface area (Å²) in [4.78, 5) is 20.5. The van der Waals surface area contributed by atoms with Crippen molar-refractivity contribution in [1.82, 2.24) is 19.7 Å². The number of pyridine rings is 1. The van der Waals surface area contributed by atoms with E-state index in [2.05, 4.69) is 22.2 Å². The first-order valence-electron chi connectivity index (χ1n) is 8.72. The van der Waals surface area contributed by atoms with Crippen molar-refractivity contribution in [2.24, 2.45) is 11.8 Å². The van der Waals surface area contributed by atoms with Crippen LogP contribution in [0.25, 0.3) is 22.2 Å². The molecule has 0 bridgehead atoms. The van der Waals surface area contributed by atoms with Crippen LogP contribution in [0.5, 0.6) is 0 Å². The number of aromatic amines is 1. The Morgan fingerprint density at radius 2 is 2.20 bits per heavy atom. The first-order chi connectivity index (χ1) is 12.2. The Balaban J connectivity index is 1.50. The summed E-state index contributed by atoms with van der Waals surface area (Å²) in [6, 6.07) is 4.25. The third kappa shape index (κ3) is 1.52. The summed E-state index contributed by atoms with van der Waals surface area (Å²) in [6.45, 7) is 0. The second kappa shape index (κ2) is 4.17. The van der Waals surface area contributed by atoms with Gasteiger partial charge in [-0.15, -0.1) is 0 Å². The van der Waals surface area contributed by atoms with Gasteiger partial charge in [0.25, 0.3) is 0 Å². The van der Waals surface area contributed by atoms with Crippen LogP contribution < -0.4 is 0 Å². The van der Waals surface area contributed by atoms with E-state index in [1.54, 1.807) is 6.20 Å². The number of nitrogens with one attached hydrogen (secondary N) is 1. The van der Waals surface area contributed by atoms with Crippen molar-refractivity contribution < 1.29 is 4.79 Å². The molecular weight excluding hydrogens is 314 g/mol. The fourth-order valence-corrected chi connectivity index (χ4v) is 4.57. The summed E-state index contributed by atoms with van der Waals surface area (Å²) in [5.74, 6) is -0.0269. The van der Waals surface area contributed by atoms with Gasteiger partial charge in [-0.3, -0.25) is 4.79 Å². The highest BCUT2D eigenvalue weighted by Gasteiger charge is 2.53. The first kappa shape index (κ1) is 13.4. The SMILES string of the molecule is N#CC1CC(C(=O)n2cc3c(n2)C2(CC2)c2c[nH]c4nccc-3c24)C1. The molecule has 0 saturated heterocycles. The lowest BCUT2D eigenvalue weighted by Crippen LogP contribution is -2.33. The lowest BCUT2D eigenvalue weighted by atomic mass is 9.75. The molecule has 3 aromatic rings. The van der Waals surface area contributed by atoms with E-state index < -0.39 is 0 Å². The predicted molar refractivity (Wildman–Crippen MR) is 89.8 cm³/mol. The van der Waals surface area contributed by atoms with Crippen LogP contribution in [-0.4, -0.2) is 25.7 Å². The molecule has 2 fully saturated rings. The molecule has 3 aliphatic carbocycles. The normalized spacial score (nSPS) is 24.6. The van der Waals surface area contributed by atoms with Crippen LogP contribution in [0.1, 0.15) is 41.7 Å². The van der Waals surface area contributed by atoms with Crippen molar-refractivity contribution in [3.8, 4) is 17.2 Å². The van der Waals surface area contributed by atoms with E-state index in [1.165, 1.54) is 15.6 Å². The van der Waals surface area contributed by atoms with Gasteiger partial charge in [0.2, 0.25) is 5.91 Å². The fraction of sp³-hybridized carbons (Fsp3) is 0.368. The van der Waals surface area contributed by atoms with Crippen molar-refractivity contribution in [2.45, 2.75) is 31.1 Å². The minimum absolute atomic E-state index is 0.0215. The number of carbonyl (C=O) groups is 1. The molecule has 122 valence electrons. The van der Waals surface area contributed by atoms with E-state index in [-0.39, 0.29) is 23.2 Å². The molecule has 0 unspecified atom stereocenters. The van der Waals surface area contributed by atoms with Crippen molar-refractivity contribution in [3.05, 3.63) is 35.9 Å². The van der Waals surface area contributed by atoms with Gasteiger partial charge in [-0.05, 0) is 42.9 Å². The number of rotatable bonds is 1. The molecule has 6 nitrogen and oxygen atoms in total. The van der Waals surface area contributed by atoms with Gasteiger partial charge in [0.15, 0.2) is 0 Å². The summed E-state index contributed by atoms with van der Waals surface area (Å²) >= 11 is 0. The Kier molecular flexibility index (Phi) is 2.23. The van der Waals surface area contributed by atoms with Crippen LogP contribution in [0.3, 0.4) is 0 Å². The molecule has 0 amide bonds. The van der Waals surface area contributed by atoms with Crippen LogP contribution >= 0.6 is 0 Å². The van der Waals surface area contributed by atoms with Gasteiger partial charge in [-0.2, -0.15) is 10.4 Å². The Morgan fingerprint density at radius 1 is 1.36 bits per heavy atom. The number of fused-ring (bicyclic) bond motifs is 4. The first-order valence-corrected chi connectivity index (χ1v) is 8.72. The van der Waals surface area contributed by atoms with E-state index in [0.717, 1.165) is 35.3 Å². The molecule has 25 heavy (non-hydrogen) atoms. The minimum atomic E-state index is -0.0711. The Bertz CT molecular complexity index is 1100. The van der Waals surface area contributed by atoms with Crippen molar-refractivity contribution in [2.75, 3.05) is 0 Å². The smallest absolute Gasteiger partial charge is 0.250 e. The standard InChI is InChI=1S/C19H15N5O/c20-7-10-5-11(6-10)18(25)24-9-13-12-1-4-21-17-15(12)14(8-22-17)19(2-3-19)16(13)23-24/h1,4,8-11H,2-3,5-6H2,(H,21,22). The second-order valence-electron chi connectivity index (χ2n) is 7.54. The number of hydrogen-bond donors (Lipinski definition) is 1. The molecule has 6 rings (SSSR count). The fourth-order valence-electron chi connectivity index (χ4n) is 4.57. The maximum Gasteiger partial charge on any atom is 0.250 e. The molecule has 2 saturated carbocycles. The zero-order valence-electron chi connectivity index (χ0n) is 13.5. The van der Waals surface area contributed by atoms with E-state index in [0.29, 0.717) is 12.8 Å². The number of carbonyl (C=O) groups excluding carboxylic acids is 1. The predicted octanol–water partition coefficient (Wildman–Crippen LogP) is 3.01. The summed E-state index contributed by atoms with van der Waals surface area (Å²) in [5, 5.41) is 14.8. The number of H-pyrrole nitrogens is 1. The third-order valence-electron chi connectivity index (χ3n) is 6.19. The van der Waals surface area contributed by atoms with E-state index in [1.807, 2.05) is 12.3 Å². The third-order valence-corrected chi connectivity index (χ3v) is 6.19. The zero-order chi connectivity index (χ0) is 16.8. The van der Waals surface area contributed by atoms with Crippen LogP contribution in [0, 0.1) is 23.2 Å². The number of nitrogens with zero attached hydrogens (tertiary/aromatic N) is 4. The maximum atomic E-state index is 12.8. The second-order valence-corrected chi connectivity index (χ2v) is 7.54. The molecule has 0 radical (unpaired) electrons. The summed E-state index contributed by atoms with van der Waals surface area (Å²) in [5.41, 5.74) is 5.31. The lowest BCUT2D eigenvalue weighted by Gasteiger charge is -2.28. The number of hydrogen-bond acceptors (Lipinski definition) is 4. The zero-order valence-corrected chi connectivity index (χ0v) is 13.5. The molecule has 3 aliphatic rings. The van der Waals surface area contributed by atoms with Crippen LogP contribution in [0.4, 0.5) is 0 Å². The molecule has 0 aliphatic heterocycles. The Labute approximate surface area is 143 Å². The van der Waals surface area contributed by atoms with Gasteiger partial charge in [0, 0.05) is 46.8 Å². The molecule has 6 heteroatoms. The number of nitriles is 1. The van der Waals surface area contributed by atoms with Gasteiger partial charge in [-0.1, -0.05) is 0 Å². The largest absolute Gasteiger partial charge is 0.346 e. The maximum absolute atomic E-state index is 12.8.